The van der Waals surface area contributed by atoms with E-state index in [2.05, 4.69) is 32.8 Å². The summed E-state index contributed by atoms with van der Waals surface area (Å²) in [6.07, 6.45) is 8.91. The zero-order chi connectivity index (χ0) is 8.67. The molecule has 0 radical (unpaired) electrons. The highest BCUT2D eigenvalue weighted by Crippen LogP contribution is 2.21. The Bertz CT molecular complexity index is 482. The Hall–Kier alpha value is -1.64. The molecule has 3 heterocycles. The number of fused-ring (bicyclic) bond motifs is 3. The van der Waals surface area contributed by atoms with E-state index in [1.54, 1.807) is 6.33 Å². The van der Waals surface area contributed by atoms with E-state index in [0.29, 0.717) is 0 Å². The van der Waals surface area contributed by atoms with E-state index in [9.17, 15) is 0 Å². The Labute approximate surface area is 75.7 Å². The lowest BCUT2D eigenvalue weighted by Gasteiger charge is -2.09. The van der Waals surface area contributed by atoms with Crippen molar-refractivity contribution in [1.29, 1.82) is 0 Å². The van der Waals surface area contributed by atoms with Crippen LogP contribution in [-0.2, 0) is 6.54 Å². The number of aryl methyl sites for hydroxylation is 1. The molecule has 0 bridgehead atoms. The van der Waals surface area contributed by atoms with E-state index >= 15 is 0 Å². The van der Waals surface area contributed by atoms with Crippen molar-refractivity contribution < 1.29 is 0 Å². The van der Waals surface area contributed by atoms with Crippen molar-refractivity contribution in [2.75, 3.05) is 0 Å². The quantitative estimate of drug-likeness (QED) is 0.605. The first kappa shape index (κ1) is 6.83. The third kappa shape index (κ3) is 0.900. The molecule has 2 aromatic heterocycles. The van der Waals surface area contributed by atoms with Gasteiger partial charge in [0.15, 0.2) is 0 Å². The molecule has 1 aliphatic rings. The van der Waals surface area contributed by atoms with E-state index in [-0.39, 0.29) is 0 Å². The Morgan fingerprint density at radius 1 is 1.38 bits per heavy atom. The van der Waals surface area contributed by atoms with Crippen LogP contribution in [0.25, 0.3) is 17.1 Å². The molecule has 0 saturated heterocycles. The summed E-state index contributed by atoms with van der Waals surface area (Å²) in [6.45, 7) is 1.03. The number of aromatic nitrogens is 3. The minimum atomic E-state index is 1.03. The first-order valence-electron chi connectivity index (χ1n) is 4.41. The minimum Gasteiger partial charge on any atom is -0.325 e. The maximum absolute atomic E-state index is 4.27. The standard InChI is InChI=1S/C10H9N3/c1-2-4-13-9(3-1)5-8-6-11-7-12-10(8)13/h1,3,5-7H,2,4H2. The molecule has 2 aromatic rings. The number of hydrogen-bond donors (Lipinski definition) is 0. The van der Waals surface area contributed by atoms with Crippen LogP contribution in [0.4, 0.5) is 0 Å². The van der Waals surface area contributed by atoms with Crippen molar-refractivity contribution in [3.05, 3.63) is 30.4 Å². The highest BCUT2D eigenvalue weighted by Gasteiger charge is 2.09. The maximum atomic E-state index is 4.27. The summed E-state index contributed by atoms with van der Waals surface area (Å²) in [5.74, 6) is 0. The van der Waals surface area contributed by atoms with E-state index in [1.165, 1.54) is 5.69 Å². The van der Waals surface area contributed by atoms with E-state index < -0.39 is 0 Å². The van der Waals surface area contributed by atoms with Gasteiger partial charge in [0.2, 0.25) is 0 Å². The van der Waals surface area contributed by atoms with Gasteiger partial charge in [-0.2, -0.15) is 0 Å². The van der Waals surface area contributed by atoms with Crippen LogP contribution in [0.5, 0.6) is 0 Å². The van der Waals surface area contributed by atoms with Crippen LogP contribution in [0.15, 0.2) is 24.7 Å². The van der Waals surface area contributed by atoms with Gasteiger partial charge in [0, 0.05) is 23.8 Å². The monoisotopic (exact) mass is 171 g/mol. The molecule has 3 heteroatoms. The second-order valence-electron chi connectivity index (χ2n) is 3.21. The van der Waals surface area contributed by atoms with Gasteiger partial charge in [0.1, 0.15) is 12.0 Å². The molecule has 0 unspecified atom stereocenters. The average molecular weight is 171 g/mol. The second-order valence-corrected chi connectivity index (χ2v) is 3.21. The summed E-state index contributed by atoms with van der Waals surface area (Å²) in [4.78, 5) is 8.28. The van der Waals surface area contributed by atoms with Crippen molar-refractivity contribution in [2.45, 2.75) is 13.0 Å². The molecule has 64 valence electrons. The first-order valence-corrected chi connectivity index (χ1v) is 4.41. The number of hydrogen-bond acceptors (Lipinski definition) is 2. The van der Waals surface area contributed by atoms with Gasteiger partial charge in [-0.05, 0) is 18.6 Å². The van der Waals surface area contributed by atoms with Crippen LogP contribution in [0.2, 0.25) is 0 Å². The van der Waals surface area contributed by atoms with Crippen molar-refractivity contribution in [3.63, 3.8) is 0 Å². The van der Waals surface area contributed by atoms with E-state index in [1.807, 2.05) is 6.20 Å². The molecule has 0 N–H and O–H groups in total. The average Bonchev–Trinajstić information content (AvgIpc) is 2.56. The normalized spacial score (nSPS) is 14.8. The predicted molar refractivity (Wildman–Crippen MR) is 51.2 cm³/mol. The van der Waals surface area contributed by atoms with Crippen molar-refractivity contribution >= 4 is 17.1 Å². The van der Waals surface area contributed by atoms with Crippen molar-refractivity contribution in [2.24, 2.45) is 0 Å². The Kier molecular flexibility index (Phi) is 1.27. The highest BCUT2D eigenvalue weighted by molar-refractivity contribution is 5.79. The molecule has 0 spiro atoms. The van der Waals surface area contributed by atoms with Gasteiger partial charge < -0.3 is 4.57 Å². The fourth-order valence-corrected chi connectivity index (χ4v) is 1.80. The highest BCUT2D eigenvalue weighted by atomic mass is 15.1. The van der Waals surface area contributed by atoms with Gasteiger partial charge in [-0.25, -0.2) is 9.97 Å². The van der Waals surface area contributed by atoms with Crippen molar-refractivity contribution in [1.82, 2.24) is 14.5 Å². The summed E-state index contributed by atoms with van der Waals surface area (Å²) in [7, 11) is 0. The third-order valence-corrected chi connectivity index (χ3v) is 2.40. The van der Waals surface area contributed by atoms with Crippen LogP contribution < -0.4 is 0 Å². The summed E-state index contributed by atoms with van der Waals surface area (Å²) in [5, 5.41) is 1.13. The maximum Gasteiger partial charge on any atom is 0.143 e. The van der Waals surface area contributed by atoms with Gasteiger partial charge in [-0.3, -0.25) is 0 Å². The third-order valence-electron chi connectivity index (χ3n) is 2.40. The number of rotatable bonds is 0. The Morgan fingerprint density at radius 3 is 3.38 bits per heavy atom. The van der Waals surface area contributed by atoms with Crippen LogP contribution >= 0.6 is 0 Å². The first-order chi connectivity index (χ1) is 6.45. The van der Waals surface area contributed by atoms with Crippen molar-refractivity contribution in [3.8, 4) is 0 Å². The molecule has 3 nitrogen and oxygen atoms in total. The lowest BCUT2D eigenvalue weighted by atomic mass is 10.2. The molecule has 0 aromatic carbocycles. The molecular formula is C10H9N3. The number of nitrogens with zero attached hydrogens (tertiary/aromatic N) is 3. The van der Waals surface area contributed by atoms with Gasteiger partial charge >= 0.3 is 0 Å². The summed E-state index contributed by atoms with van der Waals surface area (Å²) >= 11 is 0. The zero-order valence-electron chi connectivity index (χ0n) is 7.14. The fourth-order valence-electron chi connectivity index (χ4n) is 1.80. The van der Waals surface area contributed by atoms with Gasteiger partial charge in [-0.15, -0.1) is 0 Å². The van der Waals surface area contributed by atoms with E-state index in [0.717, 1.165) is 24.0 Å². The summed E-state index contributed by atoms with van der Waals surface area (Å²) in [6, 6.07) is 2.13. The lowest BCUT2D eigenvalue weighted by Crippen LogP contribution is -2.03. The predicted octanol–water partition coefficient (Wildman–Crippen LogP) is 1.85. The van der Waals surface area contributed by atoms with Gasteiger partial charge in [0.05, 0.1) is 0 Å². The minimum absolute atomic E-state index is 1.03. The topological polar surface area (TPSA) is 30.7 Å². The van der Waals surface area contributed by atoms with E-state index in [4.69, 9.17) is 0 Å². The Morgan fingerprint density at radius 2 is 2.38 bits per heavy atom. The SMILES string of the molecule is C1=Cc2cc3cncnc3n2CC1. The molecule has 0 atom stereocenters. The van der Waals surface area contributed by atoms with Crippen LogP contribution in [0, 0.1) is 0 Å². The summed E-state index contributed by atoms with van der Waals surface area (Å²) in [5.41, 5.74) is 2.29. The zero-order valence-corrected chi connectivity index (χ0v) is 7.14. The molecule has 0 amide bonds. The molecule has 0 fully saturated rings. The van der Waals surface area contributed by atoms with Crippen LogP contribution in [0.3, 0.4) is 0 Å². The van der Waals surface area contributed by atoms with Crippen LogP contribution in [0.1, 0.15) is 12.1 Å². The van der Waals surface area contributed by atoms with Gasteiger partial charge in [0.25, 0.3) is 0 Å². The lowest BCUT2D eigenvalue weighted by molar-refractivity contribution is 0.712. The summed E-state index contributed by atoms with van der Waals surface area (Å²) < 4.78 is 2.23. The van der Waals surface area contributed by atoms with Gasteiger partial charge in [-0.1, -0.05) is 6.08 Å². The smallest absolute Gasteiger partial charge is 0.143 e. The largest absolute Gasteiger partial charge is 0.325 e. The molecule has 0 aliphatic carbocycles. The fraction of sp³-hybridized carbons (Fsp3) is 0.200. The molecule has 0 saturated carbocycles. The molecule has 3 rings (SSSR count). The molecular weight excluding hydrogens is 162 g/mol. The molecule has 13 heavy (non-hydrogen) atoms. The number of allylic oxidation sites excluding steroid dienone is 1. The Balaban J connectivity index is 2.41. The van der Waals surface area contributed by atoms with Crippen LogP contribution in [-0.4, -0.2) is 14.5 Å². The molecule has 1 aliphatic heterocycles. The second kappa shape index (κ2) is 2.42.